The van der Waals surface area contributed by atoms with Crippen molar-refractivity contribution in [2.24, 2.45) is 0 Å². The van der Waals surface area contributed by atoms with Gasteiger partial charge in [-0.25, -0.2) is 9.97 Å². The van der Waals surface area contributed by atoms with Gasteiger partial charge < -0.3 is 14.6 Å². The third kappa shape index (κ3) is 5.00. The molecule has 0 bridgehead atoms. The van der Waals surface area contributed by atoms with Gasteiger partial charge in [0.25, 0.3) is 0 Å². The second kappa shape index (κ2) is 9.54. The molecule has 2 aromatic heterocycles. The van der Waals surface area contributed by atoms with Crippen LogP contribution in [0.5, 0.6) is 0 Å². The average Bonchev–Trinajstić information content (AvgIpc) is 3.05. The van der Waals surface area contributed by atoms with E-state index in [0.29, 0.717) is 41.9 Å². The molecule has 3 rings (SSSR count). The lowest BCUT2D eigenvalue weighted by Gasteiger charge is -2.13. The molecule has 168 valence electrons. The number of aryl methyl sites for hydroxylation is 1. The van der Waals surface area contributed by atoms with E-state index in [1.54, 1.807) is 5.32 Å². The Hall–Kier alpha value is -3.16. The maximum atomic E-state index is 12.5. The summed E-state index contributed by atoms with van der Waals surface area (Å²) in [7, 11) is 0. The Bertz CT molecular complexity index is 1170. The number of nitriles is 1. The van der Waals surface area contributed by atoms with Gasteiger partial charge in [0.15, 0.2) is 5.15 Å². The molecular weight excluding hydrogens is 447 g/mol. The number of ether oxygens (including phenoxy) is 1. The van der Waals surface area contributed by atoms with Crippen LogP contribution in [-0.2, 0) is 16.1 Å². The number of fused-ring (bicyclic) bond motifs is 1. The van der Waals surface area contributed by atoms with E-state index in [1.807, 2.05) is 18.4 Å². The second-order valence-electron chi connectivity index (χ2n) is 7.15. The van der Waals surface area contributed by atoms with Gasteiger partial charge in [-0.1, -0.05) is 23.7 Å². The minimum atomic E-state index is -4.99. The number of hydrogen-bond donors (Lipinski definition) is 1. The summed E-state index contributed by atoms with van der Waals surface area (Å²) in [4.78, 5) is 19.4. The number of amides is 1. The fraction of sp³-hybridized carbons (Fsp3) is 0.333. The highest BCUT2D eigenvalue weighted by Gasteiger charge is 2.38. The van der Waals surface area contributed by atoms with Gasteiger partial charge in [-0.2, -0.15) is 18.4 Å². The van der Waals surface area contributed by atoms with E-state index in [0.717, 1.165) is 0 Å². The summed E-state index contributed by atoms with van der Waals surface area (Å²) in [5.41, 5.74) is 2.15. The SMILES string of the molecule is CC(C)OCCCn1c(-c2ccc(NC(=O)C(F)(F)F)cc2)c(C#N)c2ncnc(Cl)c21. The quantitative estimate of drug-likeness (QED) is 0.394. The average molecular weight is 466 g/mol. The molecule has 0 aliphatic heterocycles. The second-order valence-corrected chi connectivity index (χ2v) is 7.51. The van der Waals surface area contributed by atoms with E-state index in [2.05, 4.69) is 16.0 Å². The topological polar surface area (TPSA) is 92.8 Å². The van der Waals surface area contributed by atoms with Gasteiger partial charge in [-0.05, 0) is 38.0 Å². The van der Waals surface area contributed by atoms with Crippen LogP contribution in [0.25, 0.3) is 22.3 Å². The summed E-state index contributed by atoms with van der Waals surface area (Å²) >= 11 is 6.31. The molecule has 32 heavy (non-hydrogen) atoms. The number of nitrogens with one attached hydrogen (secondary N) is 1. The molecule has 0 spiro atoms. The van der Waals surface area contributed by atoms with Crippen LogP contribution >= 0.6 is 11.6 Å². The lowest BCUT2D eigenvalue weighted by atomic mass is 10.1. The maximum absolute atomic E-state index is 12.5. The van der Waals surface area contributed by atoms with Crippen molar-refractivity contribution in [2.45, 2.75) is 39.1 Å². The summed E-state index contributed by atoms with van der Waals surface area (Å²) < 4.78 is 44.9. The zero-order valence-electron chi connectivity index (χ0n) is 17.2. The summed E-state index contributed by atoms with van der Waals surface area (Å²) in [5.74, 6) is -2.07. The summed E-state index contributed by atoms with van der Waals surface area (Å²) in [6.07, 6.45) is -3.05. The highest BCUT2D eigenvalue weighted by molar-refractivity contribution is 6.34. The standard InChI is InChI=1S/C21H19ClF3N5O2/c1-12(2)32-9-3-8-30-17(15(10-26)16-18(30)19(22)28-11-27-16)13-4-6-14(7-5-13)29-20(31)21(23,24)25/h4-7,11-12H,3,8-9H2,1-2H3,(H,29,31). The third-order valence-electron chi connectivity index (χ3n) is 4.55. The zero-order chi connectivity index (χ0) is 23.5. The highest BCUT2D eigenvalue weighted by atomic mass is 35.5. The Morgan fingerprint density at radius 1 is 1.28 bits per heavy atom. The number of alkyl halides is 3. The largest absolute Gasteiger partial charge is 0.471 e. The Balaban J connectivity index is 2.03. The lowest BCUT2D eigenvalue weighted by Crippen LogP contribution is -2.29. The van der Waals surface area contributed by atoms with Crippen molar-refractivity contribution in [1.82, 2.24) is 14.5 Å². The van der Waals surface area contributed by atoms with Crippen LogP contribution in [0.1, 0.15) is 25.8 Å². The predicted molar refractivity (Wildman–Crippen MR) is 113 cm³/mol. The van der Waals surface area contributed by atoms with Crippen molar-refractivity contribution in [3.63, 3.8) is 0 Å². The van der Waals surface area contributed by atoms with Gasteiger partial charge in [0.05, 0.1) is 11.8 Å². The molecule has 3 aromatic rings. The molecule has 1 N–H and O–H groups in total. The molecule has 0 saturated heterocycles. The number of rotatable bonds is 7. The minimum Gasteiger partial charge on any atom is -0.379 e. The van der Waals surface area contributed by atoms with Gasteiger partial charge in [-0.15, -0.1) is 0 Å². The molecule has 0 aliphatic rings. The number of anilines is 1. The molecular formula is C21H19ClF3N5O2. The molecule has 7 nitrogen and oxygen atoms in total. The van der Waals surface area contributed by atoms with Crippen LogP contribution in [-0.4, -0.2) is 39.3 Å². The monoisotopic (exact) mass is 465 g/mol. The number of carbonyl (C=O) groups is 1. The number of benzene rings is 1. The van der Waals surface area contributed by atoms with Crippen LogP contribution < -0.4 is 5.32 Å². The molecule has 11 heteroatoms. The molecule has 1 amide bonds. The van der Waals surface area contributed by atoms with Crippen molar-refractivity contribution in [2.75, 3.05) is 11.9 Å². The summed E-state index contributed by atoms with van der Waals surface area (Å²) in [6.45, 7) is 4.77. The smallest absolute Gasteiger partial charge is 0.379 e. The third-order valence-corrected chi connectivity index (χ3v) is 4.83. The van der Waals surface area contributed by atoms with Crippen molar-refractivity contribution in [3.05, 3.63) is 41.3 Å². The van der Waals surface area contributed by atoms with Crippen LogP contribution in [0.4, 0.5) is 18.9 Å². The van der Waals surface area contributed by atoms with Gasteiger partial charge in [0, 0.05) is 18.8 Å². The van der Waals surface area contributed by atoms with Crippen molar-refractivity contribution < 1.29 is 22.7 Å². The van der Waals surface area contributed by atoms with Gasteiger partial charge >= 0.3 is 12.1 Å². The number of aromatic nitrogens is 3. The van der Waals surface area contributed by atoms with E-state index < -0.39 is 12.1 Å². The van der Waals surface area contributed by atoms with E-state index in [1.165, 1.54) is 30.6 Å². The summed E-state index contributed by atoms with van der Waals surface area (Å²) in [5, 5.41) is 11.8. The normalized spacial score (nSPS) is 11.7. The number of nitrogens with zero attached hydrogens (tertiary/aromatic N) is 4. The Morgan fingerprint density at radius 3 is 2.56 bits per heavy atom. The molecule has 0 unspecified atom stereocenters. The number of carbonyl (C=O) groups excluding carboxylic acids is 1. The van der Waals surface area contributed by atoms with Crippen LogP contribution in [0, 0.1) is 11.3 Å². The Morgan fingerprint density at radius 2 is 1.97 bits per heavy atom. The first-order chi connectivity index (χ1) is 15.1. The first-order valence-electron chi connectivity index (χ1n) is 9.66. The number of halogens is 4. The van der Waals surface area contributed by atoms with E-state index in [4.69, 9.17) is 16.3 Å². The first kappa shape index (κ1) is 23.5. The van der Waals surface area contributed by atoms with E-state index in [-0.39, 0.29) is 22.5 Å². The Kier molecular flexibility index (Phi) is 7.01. The molecule has 1 aromatic carbocycles. The highest BCUT2D eigenvalue weighted by Crippen LogP contribution is 2.35. The maximum Gasteiger partial charge on any atom is 0.471 e. The summed E-state index contributed by atoms with van der Waals surface area (Å²) in [6, 6.07) is 7.84. The molecule has 0 fully saturated rings. The van der Waals surface area contributed by atoms with Gasteiger partial charge in [-0.3, -0.25) is 4.79 Å². The van der Waals surface area contributed by atoms with Crippen molar-refractivity contribution in [3.8, 4) is 17.3 Å². The minimum absolute atomic E-state index is 0.0274. The van der Waals surface area contributed by atoms with Gasteiger partial charge in [0.1, 0.15) is 29.0 Å². The van der Waals surface area contributed by atoms with Crippen LogP contribution in [0.15, 0.2) is 30.6 Å². The molecule has 0 saturated carbocycles. The zero-order valence-corrected chi connectivity index (χ0v) is 18.0. The van der Waals surface area contributed by atoms with Crippen molar-refractivity contribution in [1.29, 1.82) is 5.26 Å². The Labute approximate surface area is 186 Å². The fourth-order valence-electron chi connectivity index (χ4n) is 3.22. The van der Waals surface area contributed by atoms with Crippen molar-refractivity contribution >= 4 is 34.2 Å². The lowest BCUT2D eigenvalue weighted by molar-refractivity contribution is -0.167. The predicted octanol–water partition coefficient (Wildman–Crippen LogP) is 4.94. The van der Waals surface area contributed by atoms with Crippen LogP contribution in [0.3, 0.4) is 0 Å². The first-order valence-corrected chi connectivity index (χ1v) is 10.0. The van der Waals surface area contributed by atoms with Crippen LogP contribution in [0.2, 0.25) is 5.15 Å². The molecule has 2 heterocycles. The van der Waals surface area contributed by atoms with E-state index in [9.17, 15) is 23.2 Å². The molecule has 0 atom stereocenters. The fourth-order valence-corrected chi connectivity index (χ4v) is 3.46. The molecule has 0 radical (unpaired) electrons. The molecule has 0 aliphatic carbocycles. The van der Waals surface area contributed by atoms with Gasteiger partial charge in [0.2, 0.25) is 0 Å². The van der Waals surface area contributed by atoms with E-state index >= 15 is 0 Å². The number of hydrogen-bond acceptors (Lipinski definition) is 5.